The standard InChI is InChI=1S/C19H16N6OS/c1-13-18(26)25(19(27-2)23-22-13)20-12-15-17(14-8-4-3-5-9-14)21-16-10-6-7-11-24(15)16/h3-12H,1-2H3/b20-12+. The second kappa shape index (κ2) is 7.16. The molecule has 4 aromatic rings. The van der Waals surface area contributed by atoms with Crippen LogP contribution in [0.15, 0.2) is 69.8 Å². The van der Waals surface area contributed by atoms with E-state index in [0.29, 0.717) is 10.9 Å². The lowest BCUT2D eigenvalue weighted by atomic mass is 10.1. The largest absolute Gasteiger partial charge is 0.298 e. The fourth-order valence-electron chi connectivity index (χ4n) is 2.73. The van der Waals surface area contributed by atoms with Gasteiger partial charge in [-0.2, -0.15) is 9.78 Å². The van der Waals surface area contributed by atoms with Gasteiger partial charge >= 0.3 is 0 Å². The van der Waals surface area contributed by atoms with Crippen molar-refractivity contribution in [3.8, 4) is 11.3 Å². The highest BCUT2D eigenvalue weighted by Gasteiger charge is 2.13. The molecule has 0 N–H and O–H groups in total. The van der Waals surface area contributed by atoms with Gasteiger partial charge in [0.05, 0.1) is 17.6 Å². The quantitative estimate of drug-likeness (QED) is 0.404. The van der Waals surface area contributed by atoms with E-state index in [0.717, 1.165) is 22.6 Å². The molecule has 0 atom stereocenters. The van der Waals surface area contributed by atoms with E-state index in [9.17, 15) is 4.79 Å². The molecule has 27 heavy (non-hydrogen) atoms. The molecule has 0 fully saturated rings. The Bertz CT molecular complexity index is 1200. The lowest BCUT2D eigenvalue weighted by Crippen LogP contribution is -2.23. The zero-order chi connectivity index (χ0) is 18.8. The molecular formula is C19H16N6OS. The van der Waals surface area contributed by atoms with Gasteiger partial charge in [-0.05, 0) is 25.3 Å². The highest BCUT2D eigenvalue weighted by molar-refractivity contribution is 7.98. The smallest absolute Gasteiger partial charge is 0.296 e. The van der Waals surface area contributed by atoms with Crippen molar-refractivity contribution >= 4 is 23.6 Å². The van der Waals surface area contributed by atoms with Gasteiger partial charge in [-0.1, -0.05) is 48.2 Å². The Morgan fingerprint density at radius 3 is 2.63 bits per heavy atom. The molecule has 0 saturated heterocycles. The summed E-state index contributed by atoms with van der Waals surface area (Å²) in [6.45, 7) is 1.62. The van der Waals surface area contributed by atoms with E-state index in [2.05, 4.69) is 15.3 Å². The second-order valence-corrected chi connectivity index (χ2v) is 6.55. The van der Waals surface area contributed by atoms with Crippen LogP contribution in [0.2, 0.25) is 0 Å². The highest BCUT2D eigenvalue weighted by Crippen LogP contribution is 2.23. The van der Waals surface area contributed by atoms with Crippen LogP contribution < -0.4 is 5.56 Å². The summed E-state index contributed by atoms with van der Waals surface area (Å²) in [7, 11) is 0. The molecule has 0 aliphatic rings. The van der Waals surface area contributed by atoms with E-state index in [1.165, 1.54) is 16.4 Å². The molecule has 0 aliphatic carbocycles. The van der Waals surface area contributed by atoms with Crippen molar-refractivity contribution < 1.29 is 0 Å². The number of hydrogen-bond acceptors (Lipinski definition) is 6. The Morgan fingerprint density at radius 1 is 1.07 bits per heavy atom. The number of aromatic nitrogens is 5. The van der Waals surface area contributed by atoms with Gasteiger partial charge in [-0.15, -0.1) is 10.2 Å². The predicted molar refractivity (Wildman–Crippen MR) is 106 cm³/mol. The van der Waals surface area contributed by atoms with Crippen molar-refractivity contribution in [3.63, 3.8) is 0 Å². The van der Waals surface area contributed by atoms with Crippen molar-refractivity contribution in [1.29, 1.82) is 0 Å². The minimum absolute atomic E-state index is 0.291. The molecular weight excluding hydrogens is 360 g/mol. The lowest BCUT2D eigenvalue weighted by Gasteiger charge is -2.04. The van der Waals surface area contributed by atoms with Crippen LogP contribution in [0.25, 0.3) is 16.9 Å². The zero-order valence-corrected chi connectivity index (χ0v) is 15.6. The zero-order valence-electron chi connectivity index (χ0n) is 14.8. The summed E-state index contributed by atoms with van der Waals surface area (Å²) in [5.74, 6) is 0. The summed E-state index contributed by atoms with van der Waals surface area (Å²) in [4.78, 5) is 17.2. The monoisotopic (exact) mass is 376 g/mol. The highest BCUT2D eigenvalue weighted by atomic mass is 32.2. The van der Waals surface area contributed by atoms with Gasteiger partial charge in [0.1, 0.15) is 11.3 Å². The summed E-state index contributed by atoms with van der Waals surface area (Å²) in [5, 5.41) is 12.8. The molecule has 7 nitrogen and oxygen atoms in total. The molecule has 0 aliphatic heterocycles. The van der Waals surface area contributed by atoms with Crippen molar-refractivity contribution in [2.45, 2.75) is 12.1 Å². The van der Waals surface area contributed by atoms with Crippen LogP contribution in [-0.4, -0.2) is 36.7 Å². The van der Waals surface area contributed by atoms with Crippen LogP contribution in [-0.2, 0) is 0 Å². The number of rotatable bonds is 4. The summed E-state index contributed by atoms with van der Waals surface area (Å²) in [6, 6.07) is 15.7. The Morgan fingerprint density at radius 2 is 1.85 bits per heavy atom. The first-order valence-corrected chi connectivity index (χ1v) is 9.48. The predicted octanol–water partition coefficient (Wildman–Crippen LogP) is 2.87. The Balaban J connectivity index is 1.92. The van der Waals surface area contributed by atoms with Crippen LogP contribution in [0.5, 0.6) is 0 Å². The normalized spacial score (nSPS) is 11.5. The van der Waals surface area contributed by atoms with Gasteiger partial charge in [0, 0.05) is 11.8 Å². The molecule has 0 amide bonds. The van der Waals surface area contributed by atoms with E-state index in [-0.39, 0.29) is 5.56 Å². The number of benzene rings is 1. The van der Waals surface area contributed by atoms with Crippen molar-refractivity contribution in [2.24, 2.45) is 5.10 Å². The number of imidazole rings is 1. The molecule has 0 radical (unpaired) electrons. The first kappa shape index (κ1) is 17.2. The third kappa shape index (κ3) is 3.15. The second-order valence-electron chi connectivity index (χ2n) is 5.77. The summed E-state index contributed by atoms with van der Waals surface area (Å²) < 4.78 is 3.21. The van der Waals surface area contributed by atoms with Crippen LogP contribution in [0.1, 0.15) is 11.4 Å². The number of aryl methyl sites for hydroxylation is 1. The van der Waals surface area contributed by atoms with Gasteiger partial charge in [0.2, 0.25) is 5.16 Å². The molecule has 0 saturated carbocycles. The average molecular weight is 376 g/mol. The third-order valence-corrected chi connectivity index (χ3v) is 4.68. The van der Waals surface area contributed by atoms with Crippen molar-refractivity contribution in [2.75, 3.05) is 6.26 Å². The Kier molecular flexibility index (Phi) is 4.55. The van der Waals surface area contributed by atoms with Gasteiger partial charge in [0.15, 0.2) is 0 Å². The summed E-state index contributed by atoms with van der Waals surface area (Å²) in [6.07, 6.45) is 5.39. The lowest BCUT2D eigenvalue weighted by molar-refractivity contribution is 0.635. The maximum atomic E-state index is 12.4. The molecule has 3 heterocycles. The van der Waals surface area contributed by atoms with Gasteiger partial charge < -0.3 is 0 Å². The number of hydrogen-bond donors (Lipinski definition) is 0. The van der Waals surface area contributed by atoms with E-state index < -0.39 is 0 Å². The van der Waals surface area contributed by atoms with E-state index >= 15 is 0 Å². The van der Waals surface area contributed by atoms with Gasteiger partial charge in [-0.3, -0.25) is 9.20 Å². The third-order valence-electron chi connectivity index (χ3n) is 4.06. The Labute approximate surface area is 159 Å². The molecule has 0 spiro atoms. The molecule has 3 aromatic heterocycles. The first-order chi connectivity index (χ1) is 13.2. The van der Waals surface area contributed by atoms with Crippen molar-refractivity contribution in [3.05, 3.63) is 76.5 Å². The van der Waals surface area contributed by atoms with Crippen LogP contribution in [0.3, 0.4) is 0 Å². The SMILES string of the molecule is CSc1nnc(C)c(=O)n1/N=C/c1c(-c2ccccc2)nc2ccccn12. The molecule has 8 heteroatoms. The number of thioether (sulfide) groups is 1. The maximum absolute atomic E-state index is 12.4. The van der Waals surface area contributed by atoms with Crippen LogP contribution in [0, 0.1) is 6.92 Å². The van der Waals surface area contributed by atoms with Gasteiger partial charge in [-0.25, -0.2) is 4.98 Å². The maximum Gasteiger partial charge on any atom is 0.296 e. The van der Waals surface area contributed by atoms with Crippen LogP contribution in [0.4, 0.5) is 0 Å². The molecule has 1 aromatic carbocycles. The number of pyridine rings is 1. The Hall–Kier alpha value is -3.26. The fourth-order valence-corrected chi connectivity index (χ4v) is 3.16. The number of fused-ring (bicyclic) bond motifs is 1. The minimum atomic E-state index is -0.291. The average Bonchev–Trinajstić information content (AvgIpc) is 3.08. The number of nitrogens with zero attached hydrogens (tertiary/aromatic N) is 6. The molecule has 4 rings (SSSR count). The van der Waals surface area contributed by atoms with Crippen molar-refractivity contribution in [1.82, 2.24) is 24.3 Å². The van der Waals surface area contributed by atoms with Gasteiger partial charge in [0.25, 0.3) is 5.56 Å². The van der Waals surface area contributed by atoms with E-state index in [1.54, 1.807) is 13.1 Å². The molecule has 134 valence electrons. The molecule has 0 bridgehead atoms. The van der Waals surface area contributed by atoms with E-state index in [4.69, 9.17) is 4.98 Å². The topological polar surface area (TPSA) is 77.4 Å². The van der Waals surface area contributed by atoms with E-state index in [1.807, 2.05) is 65.4 Å². The van der Waals surface area contributed by atoms with Crippen LogP contribution >= 0.6 is 11.8 Å². The first-order valence-electron chi connectivity index (χ1n) is 8.26. The molecule has 0 unspecified atom stereocenters. The fraction of sp³-hybridized carbons (Fsp3) is 0.105. The minimum Gasteiger partial charge on any atom is -0.298 e. The summed E-state index contributed by atoms with van der Waals surface area (Å²) >= 11 is 1.31. The summed E-state index contributed by atoms with van der Waals surface area (Å²) in [5.41, 5.74) is 3.36.